The van der Waals surface area contributed by atoms with Gasteiger partial charge in [0.05, 0.1) is 18.1 Å². The molecule has 2 aromatic rings. The van der Waals surface area contributed by atoms with Gasteiger partial charge in [0.15, 0.2) is 0 Å². The molecule has 300 valence electrons. The number of aromatic nitrogens is 2. The number of ether oxygens (including phenoxy) is 2. The number of nitrogens with one attached hydrogen (secondary N) is 4. The Hall–Kier alpha value is -4.33. The molecule has 4 N–H and O–H groups in total. The average Bonchev–Trinajstić information content (AvgIpc) is 3.85. The van der Waals surface area contributed by atoms with Gasteiger partial charge in [0.1, 0.15) is 35.7 Å². The van der Waals surface area contributed by atoms with Crippen LogP contribution in [0.4, 0.5) is 4.79 Å². The number of H-pyrrole nitrogens is 1. The Kier molecular flexibility index (Phi) is 19.9. The monoisotopic (exact) mass is 770 g/mol. The standard InChI is InChI=1S/C21H34N4O5S.C11H12N2O2.C8H16/c1-6-13(2)17(19(28)24-31-14-9-10-14)23-18(27)15-8-7-11-25(15)16(26)12-22-20(29)30-21(3,4)5;1-3-8-11(14)13-10-6-7(15-2)4-5-9(10)12-8;1-3-5-7-8-6-4-2/h6,13-15,17H,1,7-12H2,2-5H3,(H,22,29)(H,23,27)(H,24,28);4-6H,3H2,1-2H3,(H,13,14);3H,1,4-8H2,2H3/t13-,15?,17?;;/m0../s1. The van der Waals surface area contributed by atoms with Crippen molar-refractivity contribution in [2.75, 3.05) is 20.2 Å². The number of amides is 4. The summed E-state index contributed by atoms with van der Waals surface area (Å²) in [4.78, 5) is 69.9. The number of fused-ring (bicyclic) bond motifs is 1. The minimum Gasteiger partial charge on any atom is -0.497 e. The minimum atomic E-state index is -0.770. The molecule has 4 rings (SSSR count). The SMILES string of the molecule is C=CCCCCCC.C=C[C@H](C)C(NC(=O)C1CCCN1C(=O)CNC(=O)OC(C)(C)C)C(=O)NSC1CC1.CCc1nc2ccc(OC)cc2[nH]c1=O. The number of nitrogens with zero attached hydrogens (tertiary/aromatic N) is 2. The van der Waals surface area contributed by atoms with Crippen LogP contribution < -0.4 is 25.7 Å². The maximum absolute atomic E-state index is 12.9. The molecule has 0 radical (unpaired) electrons. The second kappa shape index (κ2) is 23.5. The number of aryl methyl sites for hydroxylation is 1. The largest absolute Gasteiger partial charge is 0.497 e. The van der Waals surface area contributed by atoms with Gasteiger partial charge in [-0.3, -0.25) is 23.9 Å². The van der Waals surface area contributed by atoms with E-state index in [-0.39, 0.29) is 35.7 Å². The molecule has 1 aromatic carbocycles. The van der Waals surface area contributed by atoms with Crippen LogP contribution in [0.3, 0.4) is 0 Å². The van der Waals surface area contributed by atoms with Crippen molar-refractivity contribution < 1.29 is 28.7 Å². The lowest BCUT2D eigenvalue weighted by Gasteiger charge is -2.28. The van der Waals surface area contributed by atoms with Gasteiger partial charge in [0, 0.05) is 23.8 Å². The van der Waals surface area contributed by atoms with E-state index >= 15 is 0 Å². The number of likely N-dealkylation sites (tertiary alicyclic amines) is 1. The summed E-state index contributed by atoms with van der Waals surface area (Å²) in [6.45, 7) is 18.7. The molecule has 54 heavy (non-hydrogen) atoms. The zero-order valence-corrected chi connectivity index (χ0v) is 34.1. The van der Waals surface area contributed by atoms with E-state index < -0.39 is 23.8 Å². The zero-order chi connectivity index (χ0) is 40.3. The molecule has 13 nitrogen and oxygen atoms in total. The van der Waals surface area contributed by atoms with Gasteiger partial charge in [-0.05, 0) is 89.8 Å². The lowest BCUT2D eigenvalue weighted by molar-refractivity contribution is -0.139. The van der Waals surface area contributed by atoms with Gasteiger partial charge in [-0.15, -0.1) is 13.2 Å². The van der Waals surface area contributed by atoms with Crippen molar-refractivity contribution in [3.8, 4) is 5.75 Å². The fourth-order valence-electron chi connectivity index (χ4n) is 5.30. The third-order valence-corrected chi connectivity index (χ3v) is 9.68. The summed E-state index contributed by atoms with van der Waals surface area (Å²) < 4.78 is 13.0. The van der Waals surface area contributed by atoms with Crippen LogP contribution in [0.5, 0.6) is 5.75 Å². The van der Waals surface area contributed by atoms with E-state index in [1.807, 2.05) is 32.1 Å². The van der Waals surface area contributed by atoms with Crippen molar-refractivity contribution in [2.45, 2.75) is 129 Å². The van der Waals surface area contributed by atoms with Gasteiger partial charge in [-0.2, -0.15) is 0 Å². The van der Waals surface area contributed by atoms with Crippen molar-refractivity contribution in [3.63, 3.8) is 0 Å². The number of carbonyl (C=O) groups excluding carboxylic acids is 4. The number of hydrogen-bond donors (Lipinski definition) is 4. The lowest BCUT2D eigenvalue weighted by atomic mass is 10.0. The molecule has 1 aliphatic carbocycles. The number of hydrogen-bond acceptors (Lipinski definition) is 9. The van der Waals surface area contributed by atoms with Crippen molar-refractivity contribution in [2.24, 2.45) is 5.92 Å². The van der Waals surface area contributed by atoms with Crippen molar-refractivity contribution in [1.82, 2.24) is 30.2 Å². The molecular formula is C40H62N6O7S. The number of aromatic amines is 1. The molecule has 1 aromatic heterocycles. The summed E-state index contributed by atoms with van der Waals surface area (Å²) in [5, 5.41) is 5.67. The van der Waals surface area contributed by atoms with Crippen LogP contribution in [0.15, 0.2) is 48.3 Å². The topological polar surface area (TPSA) is 172 Å². The molecule has 14 heteroatoms. The Morgan fingerprint density at radius 3 is 2.43 bits per heavy atom. The molecule has 4 amide bonds. The van der Waals surface area contributed by atoms with E-state index in [1.54, 1.807) is 40.0 Å². The summed E-state index contributed by atoms with van der Waals surface area (Å²) in [6.07, 6.45) is 13.5. The lowest BCUT2D eigenvalue weighted by Crippen LogP contribution is -2.55. The maximum Gasteiger partial charge on any atom is 0.408 e. The Labute approximate surface area is 325 Å². The summed E-state index contributed by atoms with van der Waals surface area (Å²) in [5.74, 6) is -0.591. The number of carbonyl (C=O) groups is 4. The van der Waals surface area contributed by atoms with Crippen molar-refractivity contribution >= 4 is 46.8 Å². The van der Waals surface area contributed by atoms with Gasteiger partial charge >= 0.3 is 6.09 Å². The van der Waals surface area contributed by atoms with Gasteiger partial charge in [-0.1, -0.05) is 52.2 Å². The normalized spacial score (nSPS) is 16.0. The molecule has 0 spiro atoms. The molecule has 2 heterocycles. The van der Waals surface area contributed by atoms with Crippen LogP contribution in [0.25, 0.3) is 11.0 Å². The average molecular weight is 771 g/mol. The summed E-state index contributed by atoms with van der Waals surface area (Å²) in [6, 6.07) is 3.98. The molecule has 2 aliphatic rings. The van der Waals surface area contributed by atoms with Gasteiger partial charge in [-0.25, -0.2) is 9.78 Å². The van der Waals surface area contributed by atoms with E-state index in [0.29, 0.717) is 48.0 Å². The predicted octanol–water partition coefficient (Wildman–Crippen LogP) is 6.37. The fraction of sp³-hybridized carbons (Fsp3) is 0.600. The highest BCUT2D eigenvalue weighted by Crippen LogP contribution is 2.32. The first-order chi connectivity index (χ1) is 25.7. The molecule has 2 fully saturated rings. The summed E-state index contributed by atoms with van der Waals surface area (Å²) >= 11 is 1.38. The molecule has 1 aliphatic heterocycles. The number of benzene rings is 1. The minimum absolute atomic E-state index is 0.127. The van der Waals surface area contributed by atoms with E-state index in [2.05, 4.69) is 45.4 Å². The van der Waals surface area contributed by atoms with Crippen LogP contribution in [-0.2, 0) is 25.5 Å². The third-order valence-electron chi connectivity index (χ3n) is 8.55. The number of methoxy groups -OCH3 is 1. The summed E-state index contributed by atoms with van der Waals surface area (Å²) in [5.41, 5.74) is 1.26. The molecule has 0 bridgehead atoms. The first-order valence-corrected chi connectivity index (χ1v) is 19.9. The molecule has 1 saturated heterocycles. The van der Waals surface area contributed by atoms with E-state index in [4.69, 9.17) is 9.47 Å². The van der Waals surface area contributed by atoms with E-state index in [0.717, 1.165) is 18.4 Å². The van der Waals surface area contributed by atoms with Crippen LogP contribution in [0.1, 0.15) is 105 Å². The quantitative estimate of drug-likeness (QED) is 0.0860. The zero-order valence-electron chi connectivity index (χ0n) is 33.3. The second-order valence-corrected chi connectivity index (χ2v) is 15.5. The molecule has 3 atom stereocenters. The number of alkyl carbamates (subject to hydrolysis) is 1. The smallest absolute Gasteiger partial charge is 0.408 e. The molecule has 2 unspecified atom stereocenters. The van der Waals surface area contributed by atoms with Crippen molar-refractivity contribution in [3.05, 3.63) is 59.6 Å². The van der Waals surface area contributed by atoms with Crippen LogP contribution >= 0.6 is 11.9 Å². The van der Waals surface area contributed by atoms with Crippen molar-refractivity contribution in [1.29, 1.82) is 0 Å². The number of allylic oxidation sites excluding steroid dienone is 1. The molecule has 1 saturated carbocycles. The highest BCUT2D eigenvalue weighted by atomic mass is 32.2. The summed E-state index contributed by atoms with van der Waals surface area (Å²) in [7, 11) is 1.59. The number of rotatable bonds is 16. The Morgan fingerprint density at radius 1 is 1.11 bits per heavy atom. The van der Waals surface area contributed by atoms with E-state index in [9.17, 15) is 24.0 Å². The van der Waals surface area contributed by atoms with E-state index in [1.165, 1.54) is 49.0 Å². The Bertz CT molecular complexity index is 1600. The van der Waals surface area contributed by atoms with Gasteiger partial charge in [0.2, 0.25) is 11.8 Å². The Morgan fingerprint density at radius 2 is 1.83 bits per heavy atom. The van der Waals surface area contributed by atoms with Crippen LogP contribution in [0, 0.1) is 5.92 Å². The second-order valence-electron chi connectivity index (χ2n) is 14.4. The van der Waals surface area contributed by atoms with Crippen LogP contribution in [-0.4, -0.2) is 81.8 Å². The molecular weight excluding hydrogens is 709 g/mol. The first kappa shape index (κ1) is 45.8. The Balaban J connectivity index is 0.000000358. The third kappa shape index (κ3) is 16.4. The van der Waals surface area contributed by atoms with Gasteiger partial charge < -0.3 is 30.0 Å². The fourth-order valence-corrected chi connectivity index (χ4v) is 6.08. The highest BCUT2D eigenvalue weighted by molar-refractivity contribution is 7.98. The van der Waals surface area contributed by atoms with Crippen LogP contribution in [0.2, 0.25) is 0 Å². The van der Waals surface area contributed by atoms with Gasteiger partial charge in [0.25, 0.3) is 11.5 Å². The number of unbranched alkanes of at least 4 members (excludes halogenated alkanes) is 4. The first-order valence-electron chi connectivity index (χ1n) is 19.0. The maximum atomic E-state index is 12.9. The predicted molar refractivity (Wildman–Crippen MR) is 216 cm³/mol. The highest BCUT2D eigenvalue weighted by Gasteiger charge is 2.37.